The predicted octanol–water partition coefficient (Wildman–Crippen LogP) is 3.36. The summed E-state index contributed by atoms with van der Waals surface area (Å²) in [6, 6.07) is 1.15. The number of carbonyl (C=O) groups is 4. The molecule has 0 aliphatic rings. The molecule has 228 valence electrons. The largest absolute Gasteiger partial charge is 0.480 e. The number of thiophene rings is 1. The van der Waals surface area contributed by atoms with Gasteiger partial charge in [-0.15, -0.1) is 11.3 Å². The van der Waals surface area contributed by atoms with Crippen LogP contribution in [0.3, 0.4) is 0 Å². The highest BCUT2D eigenvalue weighted by Gasteiger charge is 2.13. The maximum Gasteiger partial charge on any atom is 0.325 e. The van der Waals surface area contributed by atoms with Crippen LogP contribution >= 0.6 is 11.3 Å². The Kier molecular flexibility index (Phi) is 24.2. The van der Waals surface area contributed by atoms with Gasteiger partial charge in [0.15, 0.2) is 0 Å². The van der Waals surface area contributed by atoms with Crippen LogP contribution in [-0.4, -0.2) is 68.5 Å². The molecule has 0 unspecified atom stereocenters. The summed E-state index contributed by atoms with van der Waals surface area (Å²) in [5.41, 5.74) is 15.7. The highest BCUT2D eigenvalue weighted by molar-refractivity contribution is 7.14. The summed E-state index contributed by atoms with van der Waals surface area (Å²) >= 11 is 1.49. The van der Waals surface area contributed by atoms with Crippen molar-refractivity contribution in [3.8, 4) is 0 Å². The molecule has 0 saturated heterocycles. The molecule has 1 aromatic rings. The molecule has 0 radical (unpaired) electrons. The normalized spacial score (nSPS) is 13.4. The van der Waals surface area contributed by atoms with Crippen LogP contribution in [0.15, 0.2) is 17.5 Å². The summed E-state index contributed by atoms with van der Waals surface area (Å²) in [7, 11) is 0. The molecule has 12 nitrogen and oxygen atoms in total. The summed E-state index contributed by atoms with van der Waals surface area (Å²) in [5, 5.41) is 39.1. The molecule has 1 rings (SSSR count). The zero-order chi connectivity index (χ0) is 31.3. The standard InChI is InChI=1S/C7H9NO2S.C7H15NO2.2C6H13NO2/c1-5(7(9)10)8-6-3-2-4-11-6;1-5(2)3-4-6(8)7(9)10;2*1-4(2)3-5(7)6(8)9/h2-5,8H,1H3,(H,9,10);5-6H,3-4,8H2,1-2H3,(H,9,10);2*4-5H,3,7H2,1-2H3,(H,8,9)/t5-;6-;2*5-/m0000/s1. The highest BCUT2D eigenvalue weighted by Crippen LogP contribution is 2.15. The van der Waals surface area contributed by atoms with Crippen LogP contribution in [0.5, 0.6) is 0 Å². The fourth-order valence-electron chi connectivity index (χ4n) is 2.49. The second-order valence-corrected chi connectivity index (χ2v) is 11.2. The lowest BCUT2D eigenvalue weighted by molar-refractivity contribution is -0.139. The Balaban J connectivity index is -0.000000445. The second-order valence-electron chi connectivity index (χ2n) is 10.2. The van der Waals surface area contributed by atoms with Crippen LogP contribution in [0.2, 0.25) is 0 Å². The van der Waals surface area contributed by atoms with Crippen LogP contribution in [-0.2, 0) is 19.2 Å². The maximum absolute atomic E-state index is 10.4. The van der Waals surface area contributed by atoms with Gasteiger partial charge in [-0.05, 0) is 67.9 Å². The first-order valence-corrected chi connectivity index (χ1v) is 13.7. The van der Waals surface area contributed by atoms with E-state index in [-0.39, 0.29) is 0 Å². The Morgan fingerprint density at radius 1 is 0.692 bits per heavy atom. The lowest BCUT2D eigenvalue weighted by Gasteiger charge is -2.07. The van der Waals surface area contributed by atoms with Gasteiger partial charge in [0.05, 0.1) is 5.00 Å². The van der Waals surface area contributed by atoms with Crippen molar-refractivity contribution in [3.63, 3.8) is 0 Å². The van der Waals surface area contributed by atoms with Crippen LogP contribution in [0, 0.1) is 17.8 Å². The molecule has 0 aliphatic heterocycles. The van der Waals surface area contributed by atoms with Crippen LogP contribution in [0.1, 0.15) is 74.1 Å². The van der Waals surface area contributed by atoms with Crippen molar-refractivity contribution in [3.05, 3.63) is 17.5 Å². The number of rotatable bonds is 13. The van der Waals surface area contributed by atoms with Gasteiger partial charge in [-0.1, -0.05) is 41.5 Å². The Morgan fingerprint density at radius 2 is 1.10 bits per heavy atom. The Morgan fingerprint density at radius 3 is 1.33 bits per heavy atom. The summed E-state index contributed by atoms with van der Waals surface area (Å²) in [6.45, 7) is 13.5. The molecule has 13 heteroatoms. The van der Waals surface area contributed by atoms with E-state index in [0.29, 0.717) is 37.0 Å². The molecular formula is C26H50N4O8S. The third-order valence-electron chi connectivity index (χ3n) is 4.71. The van der Waals surface area contributed by atoms with E-state index in [1.54, 1.807) is 6.92 Å². The number of carboxylic acids is 4. The first-order chi connectivity index (χ1) is 17.8. The van der Waals surface area contributed by atoms with Gasteiger partial charge in [-0.25, -0.2) is 0 Å². The Bertz CT molecular complexity index is 778. The summed E-state index contributed by atoms with van der Waals surface area (Å²) in [5.74, 6) is -2.32. The lowest BCUT2D eigenvalue weighted by atomic mass is 10.0. The van der Waals surface area contributed by atoms with Gasteiger partial charge in [0.1, 0.15) is 24.2 Å². The average molecular weight is 579 g/mol. The molecule has 0 aliphatic carbocycles. The van der Waals surface area contributed by atoms with Crippen molar-refractivity contribution < 1.29 is 39.6 Å². The molecule has 4 atom stereocenters. The van der Waals surface area contributed by atoms with Gasteiger partial charge < -0.3 is 42.9 Å². The predicted molar refractivity (Wildman–Crippen MR) is 155 cm³/mol. The number of anilines is 1. The van der Waals surface area contributed by atoms with Gasteiger partial charge in [0.2, 0.25) is 0 Å². The van der Waals surface area contributed by atoms with Crippen LogP contribution in [0.4, 0.5) is 5.00 Å². The Labute approximate surface area is 236 Å². The lowest BCUT2D eigenvalue weighted by Crippen LogP contribution is -2.31. The van der Waals surface area contributed by atoms with Crippen molar-refractivity contribution in [2.24, 2.45) is 35.0 Å². The van der Waals surface area contributed by atoms with Crippen molar-refractivity contribution in [1.29, 1.82) is 0 Å². The van der Waals surface area contributed by atoms with Crippen molar-refractivity contribution in [2.75, 3.05) is 5.32 Å². The summed E-state index contributed by atoms with van der Waals surface area (Å²) in [4.78, 5) is 40.8. The van der Waals surface area contributed by atoms with Gasteiger partial charge in [-0.2, -0.15) is 0 Å². The Hall–Kier alpha value is -2.74. The van der Waals surface area contributed by atoms with E-state index >= 15 is 0 Å². The monoisotopic (exact) mass is 578 g/mol. The number of nitrogens with two attached hydrogens (primary N) is 3. The maximum atomic E-state index is 10.4. The fraction of sp³-hybridized carbons (Fsp3) is 0.692. The van der Waals surface area contributed by atoms with Gasteiger partial charge in [0, 0.05) is 0 Å². The average Bonchev–Trinajstić information content (AvgIpc) is 3.30. The minimum atomic E-state index is -0.913. The first kappa shape index (κ1) is 40.8. The molecule has 0 spiro atoms. The quantitative estimate of drug-likeness (QED) is 0.168. The van der Waals surface area contributed by atoms with E-state index in [4.69, 9.17) is 37.6 Å². The number of nitrogens with one attached hydrogen (secondary N) is 1. The van der Waals surface area contributed by atoms with Gasteiger partial charge in [-0.3, -0.25) is 19.2 Å². The molecule has 0 saturated carbocycles. The van der Waals surface area contributed by atoms with Crippen molar-refractivity contribution in [1.82, 2.24) is 0 Å². The zero-order valence-electron chi connectivity index (χ0n) is 24.2. The van der Waals surface area contributed by atoms with E-state index in [1.807, 2.05) is 45.2 Å². The number of aliphatic carboxylic acids is 4. The van der Waals surface area contributed by atoms with E-state index < -0.39 is 48.0 Å². The summed E-state index contributed by atoms with van der Waals surface area (Å²) in [6.07, 6.45) is 2.56. The minimum absolute atomic E-state index is 0.357. The van der Waals surface area contributed by atoms with Crippen molar-refractivity contribution in [2.45, 2.75) is 98.3 Å². The third kappa shape index (κ3) is 28.1. The van der Waals surface area contributed by atoms with Gasteiger partial charge >= 0.3 is 23.9 Å². The van der Waals surface area contributed by atoms with Crippen LogP contribution in [0.25, 0.3) is 0 Å². The number of hydrogen-bond donors (Lipinski definition) is 8. The first-order valence-electron chi connectivity index (χ1n) is 12.8. The summed E-state index contributed by atoms with van der Waals surface area (Å²) < 4.78 is 0. The molecule has 11 N–H and O–H groups in total. The molecule has 0 fully saturated rings. The SMILES string of the molecule is CC(C)CC[C@H](N)C(=O)O.CC(C)C[C@H](N)C(=O)O.CC(C)C[C@H](N)C(=O)O.C[C@H](Nc1cccs1)C(=O)O. The molecule has 1 heterocycles. The van der Waals surface area contributed by atoms with E-state index in [1.165, 1.54) is 11.3 Å². The number of carboxylic acid groups (broad SMARTS) is 4. The van der Waals surface area contributed by atoms with Crippen molar-refractivity contribution >= 4 is 40.2 Å². The minimum Gasteiger partial charge on any atom is -0.480 e. The molecule has 0 aromatic carbocycles. The van der Waals surface area contributed by atoms with Crippen LogP contribution < -0.4 is 22.5 Å². The third-order valence-corrected chi connectivity index (χ3v) is 5.51. The molecule has 0 amide bonds. The number of hydrogen-bond acceptors (Lipinski definition) is 9. The second kappa shape index (κ2) is 23.2. The molecule has 0 bridgehead atoms. The molecule has 1 aromatic heterocycles. The van der Waals surface area contributed by atoms with E-state index in [9.17, 15) is 19.2 Å². The fourth-order valence-corrected chi connectivity index (χ4v) is 3.20. The molecular weight excluding hydrogens is 528 g/mol. The smallest absolute Gasteiger partial charge is 0.325 e. The molecule has 39 heavy (non-hydrogen) atoms. The van der Waals surface area contributed by atoms with E-state index in [0.717, 1.165) is 11.4 Å². The topological polar surface area (TPSA) is 239 Å². The van der Waals surface area contributed by atoms with Gasteiger partial charge in [0.25, 0.3) is 0 Å². The highest BCUT2D eigenvalue weighted by atomic mass is 32.1. The zero-order valence-corrected chi connectivity index (χ0v) is 25.0. The van der Waals surface area contributed by atoms with E-state index in [2.05, 4.69) is 19.2 Å².